The lowest BCUT2D eigenvalue weighted by Gasteiger charge is -2.16. The molecule has 2 N–H and O–H groups in total. The van der Waals surface area contributed by atoms with Crippen LogP contribution in [0.3, 0.4) is 0 Å². The second-order valence-corrected chi connectivity index (χ2v) is 5.48. The van der Waals surface area contributed by atoms with Gasteiger partial charge in [-0.05, 0) is 30.5 Å². The van der Waals surface area contributed by atoms with Gasteiger partial charge in [-0.2, -0.15) is 5.10 Å². The lowest BCUT2D eigenvalue weighted by Crippen LogP contribution is -2.29. The first kappa shape index (κ1) is 17.0. The van der Waals surface area contributed by atoms with Gasteiger partial charge in [-0.1, -0.05) is 31.2 Å². The van der Waals surface area contributed by atoms with Gasteiger partial charge in [-0.15, -0.1) is 0 Å². The number of aromatic nitrogens is 2. The van der Waals surface area contributed by atoms with E-state index in [0.29, 0.717) is 0 Å². The average molecular weight is 313 g/mol. The maximum absolute atomic E-state index is 12.1. The van der Waals surface area contributed by atoms with Gasteiger partial charge in [0.05, 0.1) is 18.8 Å². The summed E-state index contributed by atoms with van der Waals surface area (Å²) < 4.78 is 1.75. The van der Waals surface area contributed by atoms with Gasteiger partial charge in [-0.3, -0.25) is 9.48 Å². The number of benzene rings is 1. The highest BCUT2D eigenvalue weighted by atomic mass is 16.3. The summed E-state index contributed by atoms with van der Waals surface area (Å²) in [4.78, 5) is 12.1. The van der Waals surface area contributed by atoms with E-state index in [-0.39, 0.29) is 12.5 Å². The van der Waals surface area contributed by atoms with Crippen molar-refractivity contribution in [2.24, 2.45) is 7.05 Å². The van der Waals surface area contributed by atoms with Gasteiger partial charge in [0.1, 0.15) is 0 Å². The molecule has 2 rings (SSSR count). The topological polar surface area (TPSA) is 67.2 Å². The summed E-state index contributed by atoms with van der Waals surface area (Å²) in [7, 11) is 1.86. The zero-order valence-corrected chi connectivity index (χ0v) is 13.8. The van der Waals surface area contributed by atoms with Crippen LogP contribution in [0.1, 0.15) is 35.3 Å². The van der Waals surface area contributed by atoms with Crippen LogP contribution in [-0.2, 0) is 18.3 Å². The first-order chi connectivity index (χ1) is 11.0. The van der Waals surface area contributed by atoms with Gasteiger partial charge in [0.2, 0.25) is 5.91 Å². The van der Waals surface area contributed by atoms with E-state index in [4.69, 9.17) is 0 Å². The summed E-state index contributed by atoms with van der Waals surface area (Å²) in [6, 6.07) is 7.50. The van der Waals surface area contributed by atoms with Crippen molar-refractivity contribution in [3.8, 4) is 0 Å². The summed E-state index contributed by atoms with van der Waals surface area (Å²) in [5, 5.41) is 16.5. The molecule has 1 amide bonds. The zero-order valence-electron chi connectivity index (χ0n) is 13.8. The number of hydrogen-bond donors (Lipinski definition) is 2. The highest BCUT2D eigenvalue weighted by Gasteiger charge is 2.12. The number of nitrogens with zero attached hydrogens (tertiary/aromatic N) is 2. The molecule has 0 bridgehead atoms. The summed E-state index contributed by atoms with van der Waals surface area (Å²) >= 11 is 0. The van der Waals surface area contributed by atoms with Crippen LogP contribution in [0.15, 0.2) is 36.5 Å². The Hall–Kier alpha value is -2.40. The van der Waals surface area contributed by atoms with Crippen molar-refractivity contribution in [2.75, 3.05) is 6.61 Å². The fourth-order valence-corrected chi connectivity index (χ4v) is 2.28. The fraction of sp³-hybridized carbons (Fsp3) is 0.333. The molecule has 0 aliphatic rings. The van der Waals surface area contributed by atoms with E-state index in [1.54, 1.807) is 17.0 Å². The predicted octanol–water partition coefficient (Wildman–Crippen LogP) is 2.15. The van der Waals surface area contributed by atoms with Crippen LogP contribution in [0.4, 0.5) is 0 Å². The van der Waals surface area contributed by atoms with Crippen LogP contribution < -0.4 is 5.32 Å². The first-order valence-corrected chi connectivity index (χ1v) is 7.72. The van der Waals surface area contributed by atoms with Crippen LogP contribution in [0.5, 0.6) is 0 Å². The average Bonchev–Trinajstić information content (AvgIpc) is 2.90. The summed E-state index contributed by atoms with van der Waals surface area (Å²) in [6.45, 7) is 3.89. The number of aliphatic hydroxyl groups is 1. The second-order valence-electron chi connectivity index (χ2n) is 5.48. The minimum absolute atomic E-state index is 0.142. The molecule has 0 saturated carbocycles. The van der Waals surface area contributed by atoms with E-state index < -0.39 is 6.04 Å². The van der Waals surface area contributed by atoms with Crippen molar-refractivity contribution in [1.29, 1.82) is 0 Å². The molecular formula is C18H23N3O2. The monoisotopic (exact) mass is 313 g/mol. The molecule has 0 fully saturated rings. The predicted molar refractivity (Wildman–Crippen MR) is 90.8 cm³/mol. The van der Waals surface area contributed by atoms with E-state index in [0.717, 1.165) is 23.2 Å². The van der Waals surface area contributed by atoms with E-state index in [2.05, 4.69) is 17.3 Å². The van der Waals surface area contributed by atoms with Crippen molar-refractivity contribution in [2.45, 2.75) is 26.3 Å². The smallest absolute Gasteiger partial charge is 0.244 e. The Balaban J connectivity index is 2.03. The molecule has 1 aromatic carbocycles. The standard InChI is InChI=1S/C18H23N3O2/c1-4-14-5-7-15(8-6-14)17(12-22)20-18(23)10-9-16-11-19-21(3)13(16)2/h5-11,17,22H,4,12H2,1-3H3,(H,20,23)/b10-9+. The van der Waals surface area contributed by atoms with Gasteiger partial charge in [0.25, 0.3) is 0 Å². The molecule has 1 unspecified atom stereocenters. The minimum Gasteiger partial charge on any atom is -0.394 e. The number of hydrogen-bond acceptors (Lipinski definition) is 3. The van der Waals surface area contributed by atoms with Gasteiger partial charge in [0.15, 0.2) is 0 Å². The fourth-order valence-electron chi connectivity index (χ4n) is 2.28. The third-order valence-electron chi connectivity index (χ3n) is 3.98. The Morgan fingerprint density at radius 2 is 2.09 bits per heavy atom. The Bertz CT molecular complexity index is 687. The number of carbonyl (C=O) groups is 1. The van der Waals surface area contributed by atoms with Crippen molar-refractivity contribution in [3.63, 3.8) is 0 Å². The van der Waals surface area contributed by atoms with Crippen LogP contribution in [0.2, 0.25) is 0 Å². The first-order valence-electron chi connectivity index (χ1n) is 7.72. The molecule has 5 heteroatoms. The molecule has 0 saturated heterocycles. The lowest BCUT2D eigenvalue weighted by atomic mass is 10.0. The summed E-state index contributed by atoms with van der Waals surface area (Å²) in [5.74, 6) is -0.244. The molecule has 23 heavy (non-hydrogen) atoms. The van der Waals surface area contributed by atoms with E-state index in [1.165, 1.54) is 11.6 Å². The Morgan fingerprint density at radius 1 is 1.39 bits per heavy atom. The van der Waals surface area contributed by atoms with Crippen LogP contribution in [0.25, 0.3) is 6.08 Å². The van der Waals surface area contributed by atoms with Crippen molar-refractivity contribution in [3.05, 3.63) is 58.9 Å². The molecule has 2 aromatic rings. The molecule has 5 nitrogen and oxygen atoms in total. The minimum atomic E-state index is -0.409. The van der Waals surface area contributed by atoms with Crippen molar-refractivity contribution < 1.29 is 9.90 Å². The molecule has 0 spiro atoms. The van der Waals surface area contributed by atoms with E-state index in [1.807, 2.05) is 38.2 Å². The number of rotatable bonds is 6. The number of amides is 1. The maximum Gasteiger partial charge on any atom is 0.244 e. The molecule has 0 aliphatic carbocycles. The van der Waals surface area contributed by atoms with Crippen LogP contribution >= 0.6 is 0 Å². The van der Waals surface area contributed by atoms with Crippen molar-refractivity contribution in [1.82, 2.24) is 15.1 Å². The summed E-state index contributed by atoms with van der Waals surface area (Å²) in [5.41, 5.74) is 4.01. The third-order valence-corrected chi connectivity index (χ3v) is 3.98. The van der Waals surface area contributed by atoms with Gasteiger partial charge < -0.3 is 10.4 Å². The van der Waals surface area contributed by atoms with Gasteiger partial charge >= 0.3 is 0 Å². The Morgan fingerprint density at radius 3 is 2.61 bits per heavy atom. The highest BCUT2D eigenvalue weighted by molar-refractivity contribution is 5.92. The van der Waals surface area contributed by atoms with Gasteiger partial charge in [-0.25, -0.2) is 0 Å². The number of aryl methyl sites for hydroxylation is 2. The molecule has 0 radical (unpaired) electrons. The molecule has 122 valence electrons. The van der Waals surface area contributed by atoms with Crippen molar-refractivity contribution >= 4 is 12.0 Å². The largest absolute Gasteiger partial charge is 0.394 e. The maximum atomic E-state index is 12.1. The Kier molecular flexibility index (Phi) is 5.71. The normalized spacial score (nSPS) is 12.5. The van der Waals surface area contributed by atoms with E-state index >= 15 is 0 Å². The quantitative estimate of drug-likeness (QED) is 0.803. The van der Waals surface area contributed by atoms with E-state index in [9.17, 15) is 9.90 Å². The Labute approximate surface area is 136 Å². The number of aliphatic hydroxyl groups excluding tert-OH is 1. The van der Waals surface area contributed by atoms with Crippen LogP contribution in [0, 0.1) is 6.92 Å². The SMILES string of the molecule is CCc1ccc(C(CO)NC(=O)/C=C/c2cnn(C)c2C)cc1. The zero-order chi connectivity index (χ0) is 16.8. The highest BCUT2D eigenvalue weighted by Crippen LogP contribution is 2.14. The number of nitrogens with one attached hydrogen (secondary N) is 1. The molecule has 1 heterocycles. The molecule has 1 aromatic heterocycles. The molecule has 1 atom stereocenters. The van der Waals surface area contributed by atoms with Gasteiger partial charge in [0, 0.05) is 24.4 Å². The molecule has 0 aliphatic heterocycles. The second kappa shape index (κ2) is 7.74. The lowest BCUT2D eigenvalue weighted by molar-refractivity contribution is -0.117. The summed E-state index contributed by atoms with van der Waals surface area (Å²) in [6.07, 6.45) is 5.87. The third kappa shape index (κ3) is 4.29. The van der Waals surface area contributed by atoms with Crippen LogP contribution in [-0.4, -0.2) is 27.4 Å². The number of carbonyl (C=O) groups excluding carboxylic acids is 1. The molecular weight excluding hydrogens is 290 g/mol.